The molecule has 10 heteroatoms. The molecule has 0 aromatic carbocycles. The maximum Gasteiger partial charge on any atom is 0.405 e. The molecule has 7 nitrogen and oxygen atoms in total. The van der Waals surface area contributed by atoms with Crippen LogP contribution < -0.4 is 16.2 Å². The minimum absolute atomic E-state index is 0.0428. The molecule has 0 saturated heterocycles. The van der Waals surface area contributed by atoms with Crippen molar-refractivity contribution < 1.29 is 18.1 Å². The number of hydrogen-bond donors (Lipinski definition) is 2. The Balaban J connectivity index is 3.23. The number of alkyl halides is 3. The number of nitro groups is 1. The van der Waals surface area contributed by atoms with Gasteiger partial charge in [-0.1, -0.05) is 0 Å². The van der Waals surface area contributed by atoms with Gasteiger partial charge in [0.25, 0.3) is 0 Å². The molecule has 1 aromatic heterocycles. The molecule has 0 aliphatic heterocycles. The van der Waals surface area contributed by atoms with Crippen LogP contribution in [0.15, 0.2) is 12.1 Å². The molecular formula is C9H12F3N5O2. The second kappa shape index (κ2) is 5.69. The zero-order valence-electron chi connectivity index (χ0n) is 9.94. The maximum atomic E-state index is 12.4. The predicted octanol–water partition coefficient (Wildman–Crippen LogP) is 1.66. The molecule has 0 aliphatic rings. The normalized spacial score (nSPS) is 11.2. The molecule has 1 aromatic rings. The Labute approximate surface area is 106 Å². The fraction of sp³-hybridized carbons (Fsp3) is 0.444. The molecule has 0 saturated carbocycles. The number of nitrogen functional groups attached to an aromatic ring is 1. The summed E-state index contributed by atoms with van der Waals surface area (Å²) < 4.78 is 37.2. The van der Waals surface area contributed by atoms with Gasteiger partial charge in [-0.05, 0) is 13.0 Å². The lowest BCUT2D eigenvalue weighted by Crippen LogP contribution is -2.35. The van der Waals surface area contributed by atoms with Gasteiger partial charge in [0, 0.05) is 12.6 Å². The van der Waals surface area contributed by atoms with Gasteiger partial charge >= 0.3 is 11.9 Å². The third kappa shape index (κ3) is 3.95. The average Bonchev–Trinajstić information content (AvgIpc) is 2.33. The van der Waals surface area contributed by atoms with Crippen LogP contribution in [0, 0.1) is 10.1 Å². The topological polar surface area (TPSA) is 97.3 Å². The van der Waals surface area contributed by atoms with Crippen LogP contribution in [0.3, 0.4) is 0 Å². The summed E-state index contributed by atoms with van der Waals surface area (Å²) >= 11 is 0. The first-order valence-electron chi connectivity index (χ1n) is 5.22. The van der Waals surface area contributed by atoms with Crippen molar-refractivity contribution in [1.82, 2.24) is 4.98 Å². The lowest BCUT2D eigenvalue weighted by atomic mass is 10.3. The largest absolute Gasteiger partial charge is 0.405 e. The molecule has 0 spiro atoms. The molecule has 1 heterocycles. The first-order chi connectivity index (χ1) is 8.78. The van der Waals surface area contributed by atoms with Gasteiger partial charge in [0.15, 0.2) is 0 Å². The molecule has 0 atom stereocenters. The third-order valence-corrected chi connectivity index (χ3v) is 2.25. The summed E-state index contributed by atoms with van der Waals surface area (Å²) in [5, 5.41) is 10.8. The molecule has 0 aliphatic carbocycles. The van der Waals surface area contributed by atoms with Crippen molar-refractivity contribution in [3.63, 3.8) is 0 Å². The highest BCUT2D eigenvalue weighted by Crippen LogP contribution is 2.29. The SMILES string of the molecule is CCN(CC(F)(F)F)c1nc(NN)ccc1[N+](=O)[O-]. The number of pyridine rings is 1. The van der Waals surface area contributed by atoms with Gasteiger partial charge in [-0.2, -0.15) is 13.2 Å². The van der Waals surface area contributed by atoms with E-state index >= 15 is 0 Å². The van der Waals surface area contributed by atoms with E-state index in [0.29, 0.717) is 0 Å². The maximum absolute atomic E-state index is 12.4. The van der Waals surface area contributed by atoms with Crippen LogP contribution in [0.4, 0.5) is 30.5 Å². The summed E-state index contributed by atoms with van der Waals surface area (Å²) in [4.78, 5) is 14.5. The lowest BCUT2D eigenvalue weighted by molar-refractivity contribution is -0.384. The van der Waals surface area contributed by atoms with Crippen molar-refractivity contribution in [2.45, 2.75) is 13.1 Å². The van der Waals surface area contributed by atoms with Crippen molar-refractivity contribution in [2.75, 3.05) is 23.4 Å². The predicted molar refractivity (Wildman–Crippen MR) is 62.6 cm³/mol. The standard InChI is InChI=1S/C9H12F3N5O2/c1-2-16(5-9(10,11)12)8-6(17(18)19)3-4-7(14-8)15-13/h3-4H,2,5,13H2,1H3,(H,14,15). The average molecular weight is 279 g/mol. The molecule has 0 fully saturated rings. The van der Waals surface area contributed by atoms with Gasteiger partial charge in [-0.15, -0.1) is 0 Å². The van der Waals surface area contributed by atoms with Crippen molar-refractivity contribution in [2.24, 2.45) is 5.84 Å². The fourth-order valence-electron chi connectivity index (χ4n) is 1.45. The van der Waals surface area contributed by atoms with Gasteiger partial charge in [-0.3, -0.25) is 10.1 Å². The number of rotatable bonds is 5. The van der Waals surface area contributed by atoms with Crippen LogP contribution in [0.2, 0.25) is 0 Å². The number of hydrogen-bond acceptors (Lipinski definition) is 6. The third-order valence-electron chi connectivity index (χ3n) is 2.25. The second-order valence-electron chi connectivity index (χ2n) is 3.57. The van der Waals surface area contributed by atoms with E-state index in [9.17, 15) is 23.3 Å². The highest BCUT2D eigenvalue weighted by molar-refractivity contribution is 5.61. The number of nitrogens with zero attached hydrogens (tertiary/aromatic N) is 3. The van der Waals surface area contributed by atoms with Gasteiger partial charge < -0.3 is 10.3 Å². The Morgan fingerprint density at radius 1 is 1.53 bits per heavy atom. The van der Waals surface area contributed by atoms with Crippen molar-refractivity contribution in [3.8, 4) is 0 Å². The molecule has 0 amide bonds. The van der Waals surface area contributed by atoms with Crippen LogP contribution in [0.25, 0.3) is 0 Å². The smallest absolute Gasteiger partial charge is 0.342 e. The number of nitrogens with one attached hydrogen (secondary N) is 1. The summed E-state index contributed by atoms with van der Waals surface area (Å²) in [5.74, 6) is 4.76. The van der Waals surface area contributed by atoms with E-state index in [0.717, 1.165) is 11.0 Å². The number of aromatic nitrogens is 1. The summed E-state index contributed by atoms with van der Waals surface area (Å²) in [7, 11) is 0. The summed E-state index contributed by atoms with van der Waals surface area (Å²) in [6.45, 7) is 0.0342. The van der Waals surface area contributed by atoms with Crippen molar-refractivity contribution in [1.29, 1.82) is 0 Å². The molecular weight excluding hydrogens is 267 g/mol. The molecule has 19 heavy (non-hydrogen) atoms. The minimum Gasteiger partial charge on any atom is -0.342 e. The van der Waals surface area contributed by atoms with E-state index in [4.69, 9.17) is 5.84 Å². The molecule has 0 radical (unpaired) electrons. The van der Waals surface area contributed by atoms with Crippen LogP contribution >= 0.6 is 0 Å². The van der Waals surface area contributed by atoms with E-state index in [1.807, 2.05) is 0 Å². The van der Waals surface area contributed by atoms with Gasteiger partial charge in [0.1, 0.15) is 12.4 Å². The van der Waals surface area contributed by atoms with E-state index in [1.54, 1.807) is 0 Å². The summed E-state index contributed by atoms with van der Waals surface area (Å²) in [6, 6.07) is 2.26. The zero-order valence-corrected chi connectivity index (χ0v) is 9.94. The monoisotopic (exact) mass is 279 g/mol. The molecule has 0 bridgehead atoms. The minimum atomic E-state index is -4.49. The molecule has 106 valence electrons. The quantitative estimate of drug-likeness (QED) is 0.483. The van der Waals surface area contributed by atoms with E-state index in [-0.39, 0.29) is 18.2 Å². The summed E-state index contributed by atoms with van der Waals surface area (Å²) in [6.07, 6.45) is -4.49. The highest BCUT2D eigenvalue weighted by atomic mass is 19.4. The molecule has 0 unspecified atom stereocenters. The van der Waals surface area contributed by atoms with Gasteiger partial charge in [-0.25, -0.2) is 10.8 Å². The Morgan fingerprint density at radius 2 is 2.16 bits per heavy atom. The fourth-order valence-corrected chi connectivity index (χ4v) is 1.45. The Kier molecular flexibility index (Phi) is 4.48. The van der Waals surface area contributed by atoms with Crippen LogP contribution in [-0.2, 0) is 0 Å². The number of nitrogens with two attached hydrogens (primary N) is 1. The Hall–Kier alpha value is -2.10. The number of hydrazine groups is 1. The van der Waals surface area contributed by atoms with Crippen LogP contribution in [-0.4, -0.2) is 29.2 Å². The number of halogens is 3. The van der Waals surface area contributed by atoms with Crippen LogP contribution in [0.1, 0.15) is 6.92 Å². The first-order valence-corrected chi connectivity index (χ1v) is 5.22. The van der Waals surface area contributed by atoms with E-state index in [1.165, 1.54) is 13.0 Å². The number of anilines is 2. The van der Waals surface area contributed by atoms with Gasteiger partial charge in [0.2, 0.25) is 5.82 Å². The first kappa shape index (κ1) is 15.0. The van der Waals surface area contributed by atoms with Crippen LogP contribution in [0.5, 0.6) is 0 Å². The summed E-state index contributed by atoms with van der Waals surface area (Å²) in [5.41, 5.74) is 1.62. The van der Waals surface area contributed by atoms with E-state index < -0.39 is 23.3 Å². The van der Waals surface area contributed by atoms with Crippen molar-refractivity contribution in [3.05, 3.63) is 22.2 Å². The van der Waals surface area contributed by atoms with Gasteiger partial charge in [0.05, 0.1) is 4.92 Å². The molecule has 3 N–H and O–H groups in total. The Morgan fingerprint density at radius 3 is 2.58 bits per heavy atom. The van der Waals surface area contributed by atoms with E-state index in [2.05, 4.69) is 10.4 Å². The second-order valence-corrected chi connectivity index (χ2v) is 3.57. The molecule has 1 rings (SSSR count). The lowest BCUT2D eigenvalue weighted by Gasteiger charge is -2.23. The highest BCUT2D eigenvalue weighted by Gasteiger charge is 2.33. The zero-order chi connectivity index (χ0) is 14.6. The van der Waals surface area contributed by atoms with Crippen molar-refractivity contribution >= 4 is 17.3 Å². The Bertz CT molecular complexity index is 466.